The molecular formula is C18H17FN2O5S. The van der Waals surface area contributed by atoms with Gasteiger partial charge in [-0.25, -0.2) is 9.18 Å². The van der Waals surface area contributed by atoms with E-state index in [0.29, 0.717) is 17.1 Å². The van der Waals surface area contributed by atoms with E-state index in [1.165, 1.54) is 30.0 Å². The minimum atomic E-state index is -1.19. The zero-order valence-electron chi connectivity index (χ0n) is 14.1. The molecule has 3 N–H and O–H groups in total. The number of carbonyl (C=O) groups is 3. The highest BCUT2D eigenvalue weighted by Crippen LogP contribution is 2.23. The molecule has 2 heterocycles. The van der Waals surface area contributed by atoms with Gasteiger partial charge in [-0.2, -0.15) is 0 Å². The minimum Gasteiger partial charge on any atom is -0.475 e. The predicted molar refractivity (Wildman–Crippen MR) is 95.8 cm³/mol. The SMILES string of the molecule is O=C(O)c1ccc(CNC(=O)C2CSC(Cc3ccccc3F)C(=O)N2)o1. The molecule has 0 saturated carbocycles. The summed E-state index contributed by atoms with van der Waals surface area (Å²) in [5, 5.41) is 13.6. The molecule has 1 aromatic heterocycles. The van der Waals surface area contributed by atoms with Crippen LogP contribution >= 0.6 is 11.8 Å². The van der Waals surface area contributed by atoms with Gasteiger partial charge < -0.3 is 20.2 Å². The van der Waals surface area contributed by atoms with Gasteiger partial charge in [0.25, 0.3) is 0 Å². The topological polar surface area (TPSA) is 109 Å². The molecule has 2 aromatic rings. The quantitative estimate of drug-likeness (QED) is 0.689. The molecule has 2 unspecified atom stereocenters. The van der Waals surface area contributed by atoms with Crippen LogP contribution in [-0.2, 0) is 22.6 Å². The number of thioether (sulfide) groups is 1. The fourth-order valence-electron chi connectivity index (χ4n) is 2.64. The lowest BCUT2D eigenvalue weighted by Crippen LogP contribution is -2.54. The fraction of sp³-hybridized carbons (Fsp3) is 0.278. The molecule has 1 fully saturated rings. The number of carboxylic acids is 1. The van der Waals surface area contributed by atoms with Gasteiger partial charge in [0.15, 0.2) is 0 Å². The summed E-state index contributed by atoms with van der Waals surface area (Å²) in [6.45, 7) is 0.0157. The van der Waals surface area contributed by atoms with Gasteiger partial charge in [-0.15, -0.1) is 11.8 Å². The van der Waals surface area contributed by atoms with Crippen LogP contribution in [0.3, 0.4) is 0 Å². The van der Waals surface area contributed by atoms with Gasteiger partial charge in [-0.05, 0) is 30.2 Å². The van der Waals surface area contributed by atoms with Crippen LogP contribution in [0, 0.1) is 5.82 Å². The lowest BCUT2D eigenvalue weighted by atomic mass is 10.1. The van der Waals surface area contributed by atoms with Crippen molar-refractivity contribution in [1.82, 2.24) is 10.6 Å². The average molecular weight is 392 g/mol. The maximum Gasteiger partial charge on any atom is 0.371 e. The number of nitrogens with one attached hydrogen (secondary N) is 2. The molecule has 3 rings (SSSR count). The number of benzene rings is 1. The molecule has 27 heavy (non-hydrogen) atoms. The number of furan rings is 1. The maximum absolute atomic E-state index is 13.7. The Balaban J connectivity index is 1.51. The lowest BCUT2D eigenvalue weighted by Gasteiger charge is -2.28. The first-order chi connectivity index (χ1) is 12.9. The van der Waals surface area contributed by atoms with E-state index in [2.05, 4.69) is 10.6 Å². The van der Waals surface area contributed by atoms with Crippen molar-refractivity contribution in [2.24, 2.45) is 0 Å². The number of aromatic carboxylic acids is 1. The molecule has 0 spiro atoms. The largest absolute Gasteiger partial charge is 0.475 e. The van der Waals surface area contributed by atoms with Crippen LogP contribution in [0.15, 0.2) is 40.8 Å². The van der Waals surface area contributed by atoms with E-state index in [0.717, 1.165) is 0 Å². The molecule has 0 aliphatic carbocycles. The first-order valence-electron chi connectivity index (χ1n) is 8.19. The summed E-state index contributed by atoms with van der Waals surface area (Å²) in [5.41, 5.74) is 0.458. The van der Waals surface area contributed by atoms with E-state index < -0.39 is 23.2 Å². The van der Waals surface area contributed by atoms with E-state index in [9.17, 15) is 18.8 Å². The predicted octanol–water partition coefficient (Wildman–Crippen LogP) is 1.58. The lowest BCUT2D eigenvalue weighted by molar-refractivity contribution is -0.128. The van der Waals surface area contributed by atoms with Gasteiger partial charge in [-0.3, -0.25) is 9.59 Å². The van der Waals surface area contributed by atoms with Crippen LogP contribution in [0.25, 0.3) is 0 Å². The molecule has 1 aliphatic heterocycles. The van der Waals surface area contributed by atoms with Crippen molar-refractivity contribution in [3.8, 4) is 0 Å². The van der Waals surface area contributed by atoms with E-state index in [1.807, 2.05) is 0 Å². The zero-order chi connectivity index (χ0) is 19.4. The Morgan fingerprint density at radius 1 is 1.30 bits per heavy atom. The van der Waals surface area contributed by atoms with Crippen LogP contribution in [0.1, 0.15) is 21.9 Å². The minimum absolute atomic E-state index is 0.0157. The highest BCUT2D eigenvalue weighted by molar-refractivity contribution is 8.00. The van der Waals surface area contributed by atoms with Crippen LogP contribution in [0.2, 0.25) is 0 Å². The molecule has 0 radical (unpaired) electrons. The third-order valence-corrected chi connectivity index (χ3v) is 5.37. The highest BCUT2D eigenvalue weighted by atomic mass is 32.2. The van der Waals surface area contributed by atoms with Crippen molar-refractivity contribution in [1.29, 1.82) is 0 Å². The van der Waals surface area contributed by atoms with Crippen LogP contribution in [0.5, 0.6) is 0 Å². The van der Waals surface area contributed by atoms with E-state index >= 15 is 0 Å². The average Bonchev–Trinajstić information content (AvgIpc) is 3.12. The van der Waals surface area contributed by atoms with Crippen molar-refractivity contribution in [3.05, 3.63) is 59.3 Å². The summed E-state index contributed by atoms with van der Waals surface area (Å²) in [4.78, 5) is 35.2. The van der Waals surface area contributed by atoms with Crippen molar-refractivity contribution in [3.63, 3.8) is 0 Å². The molecule has 0 bridgehead atoms. The number of carboxylic acid groups (broad SMARTS) is 1. The molecule has 1 aromatic carbocycles. The summed E-state index contributed by atoms with van der Waals surface area (Å²) in [5.74, 6) is -1.82. The van der Waals surface area contributed by atoms with E-state index in [4.69, 9.17) is 9.52 Å². The fourth-order valence-corrected chi connectivity index (χ4v) is 3.81. The Morgan fingerprint density at radius 3 is 2.74 bits per heavy atom. The van der Waals surface area contributed by atoms with E-state index in [1.54, 1.807) is 18.2 Å². The summed E-state index contributed by atoms with van der Waals surface area (Å²) in [7, 11) is 0. The molecule has 7 nitrogen and oxygen atoms in total. The van der Waals surface area contributed by atoms with Crippen LogP contribution in [0.4, 0.5) is 4.39 Å². The second-order valence-electron chi connectivity index (χ2n) is 5.97. The number of halogens is 1. The van der Waals surface area contributed by atoms with Gasteiger partial charge in [-0.1, -0.05) is 18.2 Å². The molecule has 2 atom stereocenters. The molecule has 9 heteroatoms. The van der Waals surface area contributed by atoms with Crippen molar-refractivity contribution in [2.45, 2.75) is 24.3 Å². The maximum atomic E-state index is 13.7. The summed E-state index contributed by atoms with van der Waals surface area (Å²) >= 11 is 1.30. The Morgan fingerprint density at radius 2 is 2.07 bits per heavy atom. The van der Waals surface area contributed by atoms with Crippen molar-refractivity contribution in [2.75, 3.05) is 5.75 Å². The first kappa shape index (κ1) is 19.0. The monoisotopic (exact) mass is 392 g/mol. The number of amides is 2. The summed E-state index contributed by atoms with van der Waals surface area (Å²) < 4.78 is 18.8. The van der Waals surface area contributed by atoms with Crippen LogP contribution < -0.4 is 10.6 Å². The van der Waals surface area contributed by atoms with Gasteiger partial charge >= 0.3 is 5.97 Å². The van der Waals surface area contributed by atoms with Gasteiger partial charge in [0.2, 0.25) is 17.6 Å². The molecule has 1 aliphatic rings. The second kappa shape index (κ2) is 8.26. The molecule has 1 saturated heterocycles. The Hall–Kier alpha value is -2.81. The number of rotatable bonds is 6. The normalized spacial score (nSPS) is 19.4. The Labute approximate surface area is 158 Å². The Bertz CT molecular complexity index is 869. The van der Waals surface area contributed by atoms with Crippen LogP contribution in [-0.4, -0.2) is 39.9 Å². The second-order valence-corrected chi connectivity index (χ2v) is 7.20. The summed E-state index contributed by atoms with van der Waals surface area (Å²) in [6.07, 6.45) is 0.252. The molecule has 142 valence electrons. The number of hydrogen-bond donors (Lipinski definition) is 3. The molecule has 2 amide bonds. The number of carbonyl (C=O) groups excluding carboxylic acids is 2. The third-order valence-electron chi connectivity index (χ3n) is 4.06. The van der Waals surface area contributed by atoms with E-state index in [-0.39, 0.29) is 30.5 Å². The zero-order valence-corrected chi connectivity index (χ0v) is 14.9. The molecular weight excluding hydrogens is 375 g/mol. The van der Waals surface area contributed by atoms with Crippen molar-refractivity contribution < 1.29 is 28.3 Å². The highest BCUT2D eigenvalue weighted by Gasteiger charge is 2.32. The standard InChI is InChI=1S/C18H17FN2O5S/c19-12-4-2-1-3-10(12)7-15-17(23)21-13(9-27-15)16(22)20-8-11-5-6-14(26-11)18(24)25/h1-6,13,15H,7-9H2,(H,20,22)(H,21,23)(H,24,25). The summed E-state index contributed by atoms with van der Waals surface area (Å²) in [6, 6.07) is 8.33. The van der Waals surface area contributed by atoms with Gasteiger partial charge in [0, 0.05) is 5.75 Å². The third kappa shape index (κ3) is 4.68. The Kier molecular flexibility index (Phi) is 5.80. The van der Waals surface area contributed by atoms with Gasteiger partial charge in [0.05, 0.1) is 11.8 Å². The van der Waals surface area contributed by atoms with Gasteiger partial charge in [0.1, 0.15) is 17.6 Å². The van der Waals surface area contributed by atoms with Crippen molar-refractivity contribution >= 4 is 29.5 Å². The first-order valence-corrected chi connectivity index (χ1v) is 9.24. The smallest absolute Gasteiger partial charge is 0.371 e. The number of hydrogen-bond acceptors (Lipinski definition) is 5.